The normalized spacial score (nSPS) is 14.4. The molecule has 0 aliphatic heterocycles. The Morgan fingerprint density at radius 1 is 0.966 bits per heavy atom. The number of hydrogen-bond donors (Lipinski definition) is 1. The molecule has 2 aromatic carbocycles. The minimum atomic E-state index is 0.476. The van der Waals surface area contributed by atoms with Crippen molar-refractivity contribution in [1.29, 1.82) is 0 Å². The highest BCUT2D eigenvalue weighted by atomic mass is 16.5. The minimum Gasteiger partial charge on any atom is -0.497 e. The highest BCUT2D eigenvalue weighted by Crippen LogP contribution is 2.39. The number of methoxy groups -OCH3 is 1. The second-order valence-corrected chi connectivity index (χ2v) is 7.52. The number of fused-ring (bicyclic) bond motifs is 1. The van der Waals surface area contributed by atoms with Gasteiger partial charge in [0, 0.05) is 11.7 Å². The molecule has 1 N–H and O–H groups in total. The van der Waals surface area contributed by atoms with Crippen LogP contribution in [0.15, 0.2) is 67.0 Å². The maximum Gasteiger partial charge on any atom is 0.146 e. The van der Waals surface area contributed by atoms with Crippen LogP contribution in [0.1, 0.15) is 31.7 Å². The Balaban J connectivity index is 1.66. The van der Waals surface area contributed by atoms with Gasteiger partial charge >= 0.3 is 0 Å². The van der Waals surface area contributed by atoms with Gasteiger partial charge in [-0.3, -0.25) is 0 Å². The molecule has 0 amide bonds. The maximum absolute atomic E-state index is 5.34. The molecule has 0 saturated heterocycles. The third-order valence-corrected chi connectivity index (χ3v) is 5.74. The molecular formula is C24H24N4O. The van der Waals surface area contributed by atoms with Crippen LogP contribution in [-0.4, -0.2) is 21.6 Å². The lowest BCUT2D eigenvalue weighted by Gasteiger charge is -2.17. The molecule has 4 aromatic rings. The highest BCUT2D eigenvalue weighted by Gasteiger charge is 2.24. The summed E-state index contributed by atoms with van der Waals surface area (Å²) in [5, 5.41) is 4.51. The van der Waals surface area contributed by atoms with Crippen molar-refractivity contribution in [2.45, 2.75) is 31.7 Å². The number of nitrogens with one attached hydrogen (secondary N) is 1. The van der Waals surface area contributed by atoms with Crippen LogP contribution in [-0.2, 0) is 0 Å². The number of para-hydroxylation sites is 1. The second kappa shape index (κ2) is 7.59. The van der Waals surface area contributed by atoms with E-state index in [0.29, 0.717) is 6.04 Å². The lowest BCUT2D eigenvalue weighted by Crippen LogP contribution is -2.07. The summed E-state index contributed by atoms with van der Waals surface area (Å²) in [6.45, 7) is 0. The van der Waals surface area contributed by atoms with Gasteiger partial charge in [0.15, 0.2) is 0 Å². The summed E-state index contributed by atoms with van der Waals surface area (Å²) in [6, 6.07) is 21.1. The molecule has 5 rings (SSSR count). The summed E-state index contributed by atoms with van der Waals surface area (Å²) in [5.41, 5.74) is 4.37. The van der Waals surface area contributed by atoms with E-state index in [1.54, 1.807) is 13.4 Å². The molecule has 0 bridgehead atoms. The zero-order valence-electron chi connectivity index (χ0n) is 16.5. The molecular weight excluding hydrogens is 360 g/mol. The first-order valence-corrected chi connectivity index (χ1v) is 10.2. The molecule has 5 heteroatoms. The van der Waals surface area contributed by atoms with Crippen LogP contribution in [0.3, 0.4) is 0 Å². The van der Waals surface area contributed by atoms with Gasteiger partial charge in [0.05, 0.1) is 18.2 Å². The molecule has 0 atom stereocenters. The van der Waals surface area contributed by atoms with Crippen molar-refractivity contribution in [1.82, 2.24) is 14.5 Å². The molecule has 1 aliphatic rings. The van der Waals surface area contributed by atoms with Crippen LogP contribution in [0.25, 0.3) is 22.3 Å². The van der Waals surface area contributed by atoms with Gasteiger partial charge in [0.2, 0.25) is 0 Å². The van der Waals surface area contributed by atoms with Crippen molar-refractivity contribution in [2.75, 3.05) is 12.4 Å². The monoisotopic (exact) mass is 384 g/mol. The first-order valence-electron chi connectivity index (χ1n) is 10.2. The molecule has 29 heavy (non-hydrogen) atoms. The van der Waals surface area contributed by atoms with E-state index in [-0.39, 0.29) is 0 Å². The Bertz CT molecular complexity index is 1110. The topological polar surface area (TPSA) is 52.0 Å². The first kappa shape index (κ1) is 17.7. The summed E-state index contributed by atoms with van der Waals surface area (Å²) < 4.78 is 7.76. The molecule has 1 aliphatic carbocycles. The molecule has 0 spiro atoms. The van der Waals surface area contributed by atoms with Crippen LogP contribution in [0.4, 0.5) is 11.5 Å². The van der Waals surface area contributed by atoms with E-state index >= 15 is 0 Å². The van der Waals surface area contributed by atoms with Gasteiger partial charge in [-0.25, -0.2) is 9.97 Å². The van der Waals surface area contributed by atoms with Gasteiger partial charge in [0.1, 0.15) is 23.5 Å². The zero-order chi connectivity index (χ0) is 19.6. The summed E-state index contributed by atoms with van der Waals surface area (Å²) in [6.07, 6.45) is 6.59. The van der Waals surface area contributed by atoms with Gasteiger partial charge in [-0.15, -0.1) is 0 Å². The predicted octanol–water partition coefficient (Wildman–Crippen LogP) is 5.97. The Labute approximate surface area is 170 Å². The third-order valence-electron chi connectivity index (χ3n) is 5.74. The summed E-state index contributed by atoms with van der Waals surface area (Å²) in [7, 11) is 1.70. The average molecular weight is 384 g/mol. The summed E-state index contributed by atoms with van der Waals surface area (Å²) in [4.78, 5) is 9.24. The van der Waals surface area contributed by atoms with Crippen molar-refractivity contribution >= 4 is 22.5 Å². The van der Waals surface area contributed by atoms with E-state index in [0.717, 1.165) is 28.3 Å². The fourth-order valence-electron chi connectivity index (χ4n) is 4.31. The van der Waals surface area contributed by atoms with Crippen molar-refractivity contribution in [3.63, 3.8) is 0 Å². The Morgan fingerprint density at radius 2 is 1.72 bits per heavy atom. The van der Waals surface area contributed by atoms with Crippen molar-refractivity contribution in [2.24, 2.45) is 0 Å². The van der Waals surface area contributed by atoms with E-state index in [2.05, 4.69) is 33.1 Å². The SMILES string of the molecule is COc1ccc(-c2cc3c(Nc4ccccc4)ncnc3n2C2CCCC2)cc1. The second-order valence-electron chi connectivity index (χ2n) is 7.52. The molecule has 0 unspecified atom stereocenters. The molecule has 2 heterocycles. The maximum atomic E-state index is 5.34. The number of nitrogens with zero attached hydrogens (tertiary/aromatic N) is 3. The standard InChI is InChI=1S/C24H24N4O/c1-29-20-13-11-17(12-14-20)22-15-21-23(27-18-7-3-2-4-8-18)25-16-26-24(21)28(22)19-9-5-6-10-19/h2-4,7-8,11-16,19H,5-6,9-10H2,1H3,(H,25,26,27). The fraction of sp³-hybridized carbons (Fsp3) is 0.250. The zero-order valence-corrected chi connectivity index (χ0v) is 16.5. The van der Waals surface area contributed by atoms with Crippen molar-refractivity contribution in [3.05, 3.63) is 67.0 Å². The Morgan fingerprint density at radius 3 is 2.45 bits per heavy atom. The quantitative estimate of drug-likeness (QED) is 0.461. The van der Waals surface area contributed by atoms with Crippen molar-refractivity contribution < 1.29 is 4.74 Å². The number of rotatable bonds is 5. The van der Waals surface area contributed by atoms with Crippen LogP contribution >= 0.6 is 0 Å². The average Bonchev–Trinajstić information content (AvgIpc) is 3.43. The van der Waals surface area contributed by atoms with Crippen LogP contribution in [0.5, 0.6) is 5.75 Å². The van der Waals surface area contributed by atoms with Crippen LogP contribution in [0.2, 0.25) is 0 Å². The molecule has 1 fully saturated rings. The number of aromatic nitrogens is 3. The molecule has 0 radical (unpaired) electrons. The van der Waals surface area contributed by atoms with E-state index in [1.165, 1.54) is 36.9 Å². The lowest BCUT2D eigenvalue weighted by atomic mass is 10.1. The Kier molecular flexibility index (Phi) is 4.64. The lowest BCUT2D eigenvalue weighted by molar-refractivity contribution is 0.415. The fourth-order valence-corrected chi connectivity index (χ4v) is 4.31. The highest BCUT2D eigenvalue weighted by molar-refractivity contribution is 5.94. The number of benzene rings is 2. The van der Waals surface area contributed by atoms with E-state index in [4.69, 9.17) is 9.72 Å². The van der Waals surface area contributed by atoms with Crippen LogP contribution < -0.4 is 10.1 Å². The molecule has 1 saturated carbocycles. The van der Waals surface area contributed by atoms with E-state index < -0.39 is 0 Å². The third kappa shape index (κ3) is 3.33. The summed E-state index contributed by atoms with van der Waals surface area (Å²) >= 11 is 0. The summed E-state index contributed by atoms with van der Waals surface area (Å²) in [5.74, 6) is 1.70. The minimum absolute atomic E-state index is 0.476. The van der Waals surface area contributed by atoms with Crippen molar-refractivity contribution in [3.8, 4) is 17.0 Å². The first-order chi connectivity index (χ1) is 14.3. The van der Waals surface area contributed by atoms with Gasteiger partial charge in [-0.1, -0.05) is 31.0 Å². The molecule has 5 nitrogen and oxygen atoms in total. The van der Waals surface area contributed by atoms with Gasteiger partial charge in [0.25, 0.3) is 0 Å². The smallest absolute Gasteiger partial charge is 0.146 e. The number of hydrogen-bond acceptors (Lipinski definition) is 4. The van der Waals surface area contributed by atoms with Gasteiger partial charge < -0.3 is 14.6 Å². The largest absolute Gasteiger partial charge is 0.497 e. The molecule has 146 valence electrons. The van der Waals surface area contributed by atoms with E-state index in [1.807, 2.05) is 42.5 Å². The van der Waals surface area contributed by atoms with Gasteiger partial charge in [-0.05, 0) is 60.9 Å². The van der Waals surface area contributed by atoms with E-state index in [9.17, 15) is 0 Å². The molecule has 2 aromatic heterocycles. The number of anilines is 2. The Hall–Kier alpha value is -3.34. The van der Waals surface area contributed by atoms with Gasteiger partial charge in [-0.2, -0.15) is 0 Å². The predicted molar refractivity (Wildman–Crippen MR) is 117 cm³/mol. The van der Waals surface area contributed by atoms with Crippen LogP contribution in [0, 0.1) is 0 Å². The number of ether oxygens (including phenoxy) is 1.